The molecule has 4 N–H and O–H groups in total. The highest BCUT2D eigenvalue weighted by Gasteiger charge is 2.12. The SMILES string of the molecule is O=C(/C=N/O)NCCSSCCNC(=O)/C(Cc1ccccc1)=N/O. The zero-order chi connectivity index (χ0) is 18.3. The van der Waals surface area contributed by atoms with Gasteiger partial charge in [0.2, 0.25) is 0 Å². The van der Waals surface area contributed by atoms with Gasteiger partial charge in [0.25, 0.3) is 11.8 Å². The van der Waals surface area contributed by atoms with Crippen LogP contribution in [0.3, 0.4) is 0 Å². The molecule has 0 spiro atoms. The minimum atomic E-state index is -0.449. The van der Waals surface area contributed by atoms with Crippen molar-refractivity contribution in [3.05, 3.63) is 35.9 Å². The number of amides is 2. The highest BCUT2D eigenvalue weighted by Crippen LogP contribution is 2.19. The van der Waals surface area contributed by atoms with E-state index in [1.165, 1.54) is 0 Å². The van der Waals surface area contributed by atoms with Crippen LogP contribution in [0.15, 0.2) is 40.6 Å². The molecule has 0 atom stereocenters. The summed E-state index contributed by atoms with van der Waals surface area (Å²) in [5.41, 5.74) is 0.959. The first-order chi connectivity index (χ1) is 12.2. The average Bonchev–Trinajstić information content (AvgIpc) is 2.62. The molecular formula is C15H20N4O4S2. The topological polar surface area (TPSA) is 123 Å². The van der Waals surface area contributed by atoms with Crippen LogP contribution in [0.25, 0.3) is 0 Å². The lowest BCUT2D eigenvalue weighted by atomic mass is 10.1. The molecule has 0 aliphatic heterocycles. The molecule has 0 aliphatic carbocycles. The molecule has 0 bridgehead atoms. The third-order valence-corrected chi connectivity index (χ3v) is 5.22. The summed E-state index contributed by atoms with van der Waals surface area (Å²) in [6.45, 7) is 0.890. The van der Waals surface area contributed by atoms with Crippen molar-refractivity contribution < 1.29 is 20.0 Å². The minimum absolute atomic E-state index is 0.0668. The van der Waals surface area contributed by atoms with Gasteiger partial charge in [0, 0.05) is 31.0 Å². The van der Waals surface area contributed by atoms with E-state index in [9.17, 15) is 9.59 Å². The molecule has 8 nitrogen and oxygen atoms in total. The molecule has 0 unspecified atom stereocenters. The van der Waals surface area contributed by atoms with Crippen LogP contribution >= 0.6 is 21.6 Å². The monoisotopic (exact) mass is 384 g/mol. The van der Waals surface area contributed by atoms with E-state index in [2.05, 4.69) is 20.9 Å². The Balaban J connectivity index is 2.12. The Morgan fingerprint density at radius 2 is 1.68 bits per heavy atom. The van der Waals surface area contributed by atoms with Crippen molar-refractivity contribution in [2.75, 3.05) is 24.6 Å². The van der Waals surface area contributed by atoms with Crippen LogP contribution < -0.4 is 10.6 Å². The molecule has 0 saturated heterocycles. The third kappa shape index (κ3) is 9.62. The van der Waals surface area contributed by atoms with Crippen LogP contribution in [-0.2, 0) is 16.0 Å². The summed E-state index contributed by atoms with van der Waals surface area (Å²) in [7, 11) is 3.09. The second-order valence-electron chi connectivity index (χ2n) is 4.64. The average molecular weight is 384 g/mol. The molecule has 136 valence electrons. The van der Waals surface area contributed by atoms with Crippen molar-refractivity contribution in [2.45, 2.75) is 6.42 Å². The summed E-state index contributed by atoms with van der Waals surface area (Å²) in [4.78, 5) is 22.9. The summed E-state index contributed by atoms with van der Waals surface area (Å²) >= 11 is 0. The molecule has 0 fully saturated rings. The Morgan fingerprint density at radius 3 is 2.28 bits per heavy atom. The number of rotatable bonds is 11. The van der Waals surface area contributed by atoms with Gasteiger partial charge in [-0.15, -0.1) is 0 Å². The highest BCUT2D eigenvalue weighted by molar-refractivity contribution is 8.76. The largest absolute Gasteiger partial charge is 0.411 e. The maximum atomic E-state index is 12.0. The third-order valence-electron chi connectivity index (χ3n) is 2.81. The van der Waals surface area contributed by atoms with Crippen LogP contribution in [0, 0.1) is 0 Å². The van der Waals surface area contributed by atoms with E-state index in [-0.39, 0.29) is 12.1 Å². The summed E-state index contributed by atoms with van der Waals surface area (Å²) in [5, 5.41) is 28.1. The maximum Gasteiger partial charge on any atom is 0.269 e. The molecule has 0 aromatic heterocycles. The number of carbonyl (C=O) groups excluding carboxylic acids is 2. The Labute approximate surface area is 153 Å². The zero-order valence-electron chi connectivity index (χ0n) is 13.4. The molecule has 2 amide bonds. The first-order valence-electron chi connectivity index (χ1n) is 7.40. The predicted molar refractivity (Wildman–Crippen MR) is 101 cm³/mol. The van der Waals surface area contributed by atoms with Gasteiger partial charge >= 0.3 is 0 Å². The number of nitrogens with one attached hydrogen (secondary N) is 2. The van der Waals surface area contributed by atoms with Crippen molar-refractivity contribution >= 4 is 45.3 Å². The number of hydrogen-bond donors (Lipinski definition) is 4. The van der Waals surface area contributed by atoms with Gasteiger partial charge in [-0.25, -0.2) is 0 Å². The van der Waals surface area contributed by atoms with Gasteiger partial charge in [0.05, 0.1) is 0 Å². The highest BCUT2D eigenvalue weighted by atomic mass is 33.1. The van der Waals surface area contributed by atoms with E-state index >= 15 is 0 Å². The first kappa shape index (κ1) is 20.8. The molecule has 1 aromatic carbocycles. The van der Waals surface area contributed by atoms with E-state index in [0.717, 1.165) is 11.8 Å². The van der Waals surface area contributed by atoms with Gasteiger partial charge in [-0.1, -0.05) is 62.2 Å². The molecule has 0 aliphatic rings. The number of hydrogen-bond acceptors (Lipinski definition) is 8. The van der Waals surface area contributed by atoms with Crippen molar-refractivity contribution in [2.24, 2.45) is 10.3 Å². The van der Waals surface area contributed by atoms with Crippen LogP contribution in [-0.4, -0.2) is 58.8 Å². The van der Waals surface area contributed by atoms with Crippen LogP contribution in [0.5, 0.6) is 0 Å². The zero-order valence-corrected chi connectivity index (χ0v) is 15.1. The van der Waals surface area contributed by atoms with Gasteiger partial charge in [-0.3, -0.25) is 9.59 Å². The van der Waals surface area contributed by atoms with Gasteiger partial charge in [0.1, 0.15) is 11.9 Å². The van der Waals surface area contributed by atoms with Gasteiger partial charge < -0.3 is 21.0 Å². The normalized spacial score (nSPS) is 11.4. The molecule has 1 aromatic rings. The van der Waals surface area contributed by atoms with Crippen LogP contribution in [0.2, 0.25) is 0 Å². The fourth-order valence-electron chi connectivity index (χ4n) is 1.69. The molecule has 0 saturated carbocycles. The van der Waals surface area contributed by atoms with E-state index in [4.69, 9.17) is 10.4 Å². The van der Waals surface area contributed by atoms with Crippen molar-refractivity contribution in [3.8, 4) is 0 Å². The van der Waals surface area contributed by atoms with Gasteiger partial charge in [-0.05, 0) is 5.56 Å². The second-order valence-corrected chi connectivity index (χ2v) is 7.35. The molecule has 25 heavy (non-hydrogen) atoms. The van der Waals surface area contributed by atoms with E-state index in [1.807, 2.05) is 30.3 Å². The van der Waals surface area contributed by atoms with Crippen molar-refractivity contribution in [1.29, 1.82) is 0 Å². The Hall–Kier alpha value is -2.20. The second kappa shape index (κ2) is 13.1. The lowest BCUT2D eigenvalue weighted by Crippen LogP contribution is -2.33. The summed E-state index contributed by atoms with van der Waals surface area (Å²) in [5.74, 6) is 0.509. The lowest BCUT2D eigenvalue weighted by Gasteiger charge is -2.07. The minimum Gasteiger partial charge on any atom is -0.411 e. The lowest BCUT2D eigenvalue weighted by molar-refractivity contribution is -0.115. The Morgan fingerprint density at radius 1 is 1.04 bits per heavy atom. The summed E-state index contributed by atoms with van der Waals surface area (Å²) in [6.07, 6.45) is 1.06. The van der Waals surface area contributed by atoms with Crippen molar-refractivity contribution in [3.63, 3.8) is 0 Å². The molecule has 0 radical (unpaired) electrons. The Bertz CT molecular complexity index is 596. The summed E-state index contributed by atoms with van der Waals surface area (Å²) in [6, 6.07) is 9.30. The predicted octanol–water partition coefficient (Wildman–Crippen LogP) is 1.13. The molecule has 0 heterocycles. The summed E-state index contributed by atoms with van der Waals surface area (Å²) < 4.78 is 0. The smallest absolute Gasteiger partial charge is 0.269 e. The number of carbonyl (C=O) groups is 2. The molecule has 1 rings (SSSR count). The van der Waals surface area contributed by atoms with E-state index < -0.39 is 11.8 Å². The van der Waals surface area contributed by atoms with Gasteiger partial charge in [0.15, 0.2) is 0 Å². The maximum absolute atomic E-state index is 12.0. The quantitative estimate of drug-likeness (QED) is 0.149. The van der Waals surface area contributed by atoms with E-state index in [0.29, 0.717) is 24.6 Å². The number of nitrogens with zero attached hydrogens (tertiary/aromatic N) is 2. The van der Waals surface area contributed by atoms with Crippen LogP contribution in [0.1, 0.15) is 5.56 Å². The Kier molecular flexibility index (Phi) is 10.9. The molecular weight excluding hydrogens is 364 g/mol. The standard InChI is InChI=1S/C15H20N4O4S2/c20-14(11-18-22)16-6-8-24-25-9-7-17-15(21)13(19-23)10-12-4-2-1-3-5-12/h1-5,11,22-23H,6-10H2,(H,16,20)(H,17,21)/b18-11+,19-13+. The van der Waals surface area contributed by atoms with E-state index in [1.54, 1.807) is 21.6 Å². The number of benzene rings is 1. The fraction of sp³-hybridized carbons (Fsp3) is 0.333. The molecule has 10 heteroatoms. The van der Waals surface area contributed by atoms with Gasteiger partial charge in [-0.2, -0.15) is 0 Å². The van der Waals surface area contributed by atoms with Crippen molar-refractivity contribution in [1.82, 2.24) is 10.6 Å². The fourth-order valence-corrected chi connectivity index (χ4v) is 3.50. The number of oxime groups is 2. The first-order valence-corrected chi connectivity index (χ1v) is 9.89. The van der Waals surface area contributed by atoms with Crippen LogP contribution in [0.4, 0.5) is 0 Å².